The van der Waals surface area contributed by atoms with Crippen LogP contribution in [0.5, 0.6) is 0 Å². The van der Waals surface area contributed by atoms with Crippen LogP contribution in [0.25, 0.3) is 5.52 Å². The van der Waals surface area contributed by atoms with Crippen molar-refractivity contribution in [2.24, 2.45) is 0 Å². The van der Waals surface area contributed by atoms with Crippen LogP contribution in [0, 0.1) is 11.3 Å². The van der Waals surface area contributed by atoms with Crippen molar-refractivity contribution >= 4 is 5.52 Å². The van der Waals surface area contributed by atoms with Crippen molar-refractivity contribution in [3.05, 3.63) is 41.7 Å². The molecule has 0 saturated carbocycles. The number of aliphatic hydroxyl groups excluding tert-OH is 1. The Hall–Kier alpha value is -1.83. The van der Waals surface area contributed by atoms with Crippen LogP contribution < -0.4 is 0 Å². The van der Waals surface area contributed by atoms with Gasteiger partial charge in [-0.25, -0.2) is 0 Å². The van der Waals surface area contributed by atoms with Crippen LogP contribution in [0.3, 0.4) is 0 Å². The lowest BCUT2D eigenvalue weighted by atomic mass is 10.1. The molecule has 1 N–H and O–H groups in total. The minimum Gasteiger partial charge on any atom is -0.392 e. The van der Waals surface area contributed by atoms with E-state index in [0.29, 0.717) is 18.7 Å². The summed E-state index contributed by atoms with van der Waals surface area (Å²) < 4.78 is 1.96. The van der Waals surface area contributed by atoms with Crippen molar-refractivity contribution in [1.29, 1.82) is 5.26 Å². The van der Waals surface area contributed by atoms with Gasteiger partial charge in [-0.15, -0.1) is 0 Å². The van der Waals surface area contributed by atoms with Crippen molar-refractivity contribution in [3.8, 4) is 6.07 Å². The van der Waals surface area contributed by atoms with Gasteiger partial charge in [-0.1, -0.05) is 6.07 Å². The molecule has 0 amide bonds. The van der Waals surface area contributed by atoms with Gasteiger partial charge >= 0.3 is 0 Å². The van der Waals surface area contributed by atoms with E-state index in [0.717, 1.165) is 11.1 Å². The molecule has 2 heterocycles. The molecule has 1 atom stereocenters. The molecule has 0 saturated heterocycles. The topological polar surface area (TPSA) is 51.7 Å². The highest BCUT2D eigenvalue weighted by Gasteiger charge is 2.12. The Labute approximate surface area is 107 Å². The Bertz CT molecular complexity index is 580. The molecule has 0 aliphatic rings. The first kappa shape index (κ1) is 12.6. The summed E-state index contributed by atoms with van der Waals surface area (Å²) in [6.45, 7) is 3.02. The number of aromatic nitrogens is 1. The van der Waals surface area contributed by atoms with Crippen molar-refractivity contribution in [2.45, 2.75) is 19.6 Å². The van der Waals surface area contributed by atoms with E-state index in [4.69, 9.17) is 0 Å². The Morgan fingerprint density at radius 2 is 2.28 bits per heavy atom. The quantitative estimate of drug-likeness (QED) is 0.887. The third kappa shape index (κ3) is 2.53. The van der Waals surface area contributed by atoms with Crippen LogP contribution >= 0.6 is 0 Å². The average molecular weight is 243 g/mol. The van der Waals surface area contributed by atoms with E-state index in [2.05, 4.69) is 6.07 Å². The summed E-state index contributed by atoms with van der Waals surface area (Å²) in [5.41, 5.74) is 2.64. The molecule has 2 rings (SSSR count). The van der Waals surface area contributed by atoms with Crippen molar-refractivity contribution < 1.29 is 5.11 Å². The lowest BCUT2D eigenvalue weighted by molar-refractivity contribution is 0.138. The Balaban J connectivity index is 2.31. The largest absolute Gasteiger partial charge is 0.392 e. The molecule has 0 radical (unpaired) electrons. The molecule has 0 fully saturated rings. The highest BCUT2D eigenvalue weighted by atomic mass is 16.3. The highest BCUT2D eigenvalue weighted by Crippen LogP contribution is 2.18. The zero-order valence-corrected chi connectivity index (χ0v) is 10.7. The second-order valence-electron chi connectivity index (χ2n) is 4.68. The highest BCUT2D eigenvalue weighted by molar-refractivity contribution is 5.65. The average Bonchev–Trinajstić information content (AvgIpc) is 2.64. The summed E-state index contributed by atoms with van der Waals surface area (Å²) in [4.78, 5) is 2.01. The van der Waals surface area contributed by atoms with E-state index >= 15 is 0 Å². The number of likely N-dealkylation sites (N-methyl/N-ethyl adjacent to an activating group) is 1. The first-order chi connectivity index (χ1) is 8.61. The van der Waals surface area contributed by atoms with Crippen LogP contribution in [0.15, 0.2) is 30.6 Å². The van der Waals surface area contributed by atoms with E-state index in [1.165, 1.54) is 0 Å². The van der Waals surface area contributed by atoms with Gasteiger partial charge in [0.1, 0.15) is 6.07 Å². The molecule has 94 valence electrons. The Kier molecular flexibility index (Phi) is 3.66. The number of fused-ring (bicyclic) bond motifs is 1. The standard InChI is InChI=1S/C14H17N3O/c1-11(18)8-16(2)9-12-10-17-6-4-3-5-14(17)13(12)7-15/h3-6,10-11,18H,8-9H2,1-2H3. The molecule has 0 aromatic carbocycles. The van der Waals surface area contributed by atoms with E-state index < -0.39 is 0 Å². The maximum Gasteiger partial charge on any atom is 0.102 e. The van der Waals surface area contributed by atoms with Crippen LogP contribution in [-0.2, 0) is 6.54 Å². The van der Waals surface area contributed by atoms with Crippen LogP contribution in [-0.4, -0.2) is 34.1 Å². The van der Waals surface area contributed by atoms with Gasteiger partial charge in [0.2, 0.25) is 0 Å². The van der Waals surface area contributed by atoms with E-state index in [-0.39, 0.29) is 6.10 Å². The molecular formula is C14H17N3O. The van der Waals surface area contributed by atoms with E-state index in [1.807, 2.05) is 46.9 Å². The number of aliphatic hydroxyl groups is 1. The summed E-state index contributed by atoms with van der Waals surface area (Å²) >= 11 is 0. The van der Waals surface area contributed by atoms with Crippen molar-refractivity contribution in [3.63, 3.8) is 0 Å². The zero-order chi connectivity index (χ0) is 13.1. The second-order valence-corrected chi connectivity index (χ2v) is 4.68. The number of rotatable bonds is 4. The molecule has 4 heteroatoms. The van der Waals surface area contributed by atoms with Crippen LogP contribution in [0.4, 0.5) is 0 Å². The predicted molar refractivity (Wildman–Crippen MR) is 70.1 cm³/mol. The zero-order valence-electron chi connectivity index (χ0n) is 10.7. The maximum atomic E-state index is 9.36. The molecular weight excluding hydrogens is 226 g/mol. The molecule has 2 aromatic rings. The maximum absolute atomic E-state index is 9.36. The monoisotopic (exact) mass is 243 g/mol. The van der Waals surface area contributed by atoms with Gasteiger partial charge in [-0.3, -0.25) is 4.90 Å². The van der Waals surface area contributed by atoms with Gasteiger partial charge in [0.25, 0.3) is 0 Å². The van der Waals surface area contributed by atoms with Crippen LogP contribution in [0.1, 0.15) is 18.1 Å². The number of pyridine rings is 1. The minimum atomic E-state index is -0.363. The predicted octanol–water partition coefficient (Wildman–Crippen LogP) is 1.62. The number of hydrogen-bond donors (Lipinski definition) is 1. The van der Waals surface area contributed by atoms with Gasteiger partial charge in [0.05, 0.1) is 17.2 Å². The number of nitriles is 1. The Morgan fingerprint density at radius 3 is 2.94 bits per heavy atom. The van der Waals surface area contributed by atoms with E-state index in [1.54, 1.807) is 6.92 Å². The summed E-state index contributed by atoms with van der Waals surface area (Å²) in [6.07, 6.45) is 3.55. The summed E-state index contributed by atoms with van der Waals surface area (Å²) in [6, 6.07) is 8.08. The summed E-state index contributed by atoms with van der Waals surface area (Å²) in [5, 5.41) is 18.6. The normalized spacial score (nSPS) is 12.8. The molecule has 0 aliphatic heterocycles. The lowest BCUT2D eigenvalue weighted by Gasteiger charge is -2.17. The van der Waals surface area contributed by atoms with Crippen LogP contribution in [0.2, 0.25) is 0 Å². The Morgan fingerprint density at radius 1 is 1.50 bits per heavy atom. The molecule has 4 nitrogen and oxygen atoms in total. The fourth-order valence-electron chi connectivity index (χ4n) is 2.23. The summed E-state index contributed by atoms with van der Waals surface area (Å²) in [7, 11) is 1.94. The van der Waals surface area contributed by atoms with Gasteiger partial charge < -0.3 is 9.51 Å². The fraction of sp³-hybridized carbons (Fsp3) is 0.357. The number of nitrogens with zero attached hydrogens (tertiary/aromatic N) is 3. The van der Waals surface area contributed by atoms with Gasteiger partial charge in [-0.05, 0) is 26.1 Å². The van der Waals surface area contributed by atoms with E-state index in [9.17, 15) is 10.4 Å². The van der Waals surface area contributed by atoms with Gasteiger partial charge in [-0.2, -0.15) is 5.26 Å². The third-order valence-corrected chi connectivity index (χ3v) is 2.89. The molecule has 0 spiro atoms. The molecule has 1 unspecified atom stereocenters. The number of hydrogen-bond acceptors (Lipinski definition) is 3. The van der Waals surface area contributed by atoms with Crippen molar-refractivity contribution in [1.82, 2.24) is 9.30 Å². The van der Waals surface area contributed by atoms with Gasteiger partial charge in [0, 0.05) is 31.0 Å². The third-order valence-electron chi connectivity index (χ3n) is 2.89. The fourth-order valence-corrected chi connectivity index (χ4v) is 2.23. The summed E-state index contributed by atoms with van der Waals surface area (Å²) in [5.74, 6) is 0. The molecule has 2 aromatic heterocycles. The van der Waals surface area contributed by atoms with Crippen molar-refractivity contribution in [2.75, 3.05) is 13.6 Å². The first-order valence-corrected chi connectivity index (χ1v) is 5.97. The SMILES string of the molecule is CC(O)CN(C)Cc1cn2ccccc2c1C#N. The second kappa shape index (κ2) is 5.21. The lowest BCUT2D eigenvalue weighted by Crippen LogP contribution is -2.26. The smallest absolute Gasteiger partial charge is 0.102 e. The first-order valence-electron chi connectivity index (χ1n) is 5.97. The molecule has 0 bridgehead atoms. The molecule has 0 aliphatic carbocycles. The van der Waals surface area contributed by atoms with Gasteiger partial charge in [0.15, 0.2) is 0 Å². The minimum absolute atomic E-state index is 0.363. The molecule has 18 heavy (non-hydrogen) atoms.